The van der Waals surface area contributed by atoms with Gasteiger partial charge in [0.25, 0.3) is 0 Å². The van der Waals surface area contributed by atoms with Crippen LogP contribution < -0.4 is 0 Å². The molecule has 13 heavy (non-hydrogen) atoms. The van der Waals surface area contributed by atoms with Gasteiger partial charge in [-0.15, -0.1) is 22.9 Å². The predicted molar refractivity (Wildman–Crippen MR) is 48.4 cm³/mol. The van der Waals surface area contributed by atoms with E-state index in [0.29, 0.717) is 21.8 Å². The maximum Gasteiger partial charge on any atom is 0.414 e. The van der Waals surface area contributed by atoms with E-state index in [1.54, 1.807) is 12.3 Å². The smallest absolute Gasteiger partial charge is 0.235 e. The van der Waals surface area contributed by atoms with Gasteiger partial charge in [0, 0.05) is 11.1 Å². The third-order valence-electron chi connectivity index (χ3n) is 1.06. The summed E-state index contributed by atoms with van der Waals surface area (Å²) in [4.78, 5) is 3.86. The molecule has 0 aliphatic rings. The summed E-state index contributed by atoms with van der Waals surface area (Å²) in [7, 11) is 0. The molecule has 1 aromatic rings. The number of thioether (sulfide) groups is 1. The number of aromatic nitrogens is 1. The highest BCUT2D eigenvalue weighted by Crippen LogP contribution is 2.38. The summed E-state index contributed by atoms with van der Waals surface area (Å²) in [6.07, 6.45) is -4.38. The number of thiazole rings is 1. The lowest BCUT2D eigenvalue weighted by Gasteiger charge is -2.10. The van der Waals surface area contributed by atoms with Crippen LogP contribution >= 0.6 is 34.7 Å². The molecule has 1 atom stereocenters. The van der Waals surface area contributed by atoms with E-state index in [1.807, 2.05) is 0 Å². The van der Waals surface area contributed by atoms with Crippen LogP contribution in [-0.4, -0.2) is 15.9 Å². The Morgan fingerprint density at radius 1 is 1.62 bits per heavy atom. The van der Waals surface area contributed by atoms with Crippen LogP contribution in [0.4, 0.5) is 13.2 Å². The molecule has 0 radical (unpaired) electrons. The van der Waals surface area contributed by atoms with Crippen LogP contribution in [0.25, 0.3) is 0 Å². The van der Waals surface area contributed by atoms with Gasteiger partial charge < -0.3 is 0 Å². The molecule has 0 aromatic carbocycles. The van der Waals surface area contributed by atoms with Crippen molar-refractivity contribution >= 4 is 34.7 Å². The Labute approximate surface area is 86.3 Å². The lowest BCUT2D eigenvalue weighted by molar-refractivity contribution is -0.113. The Bertz CT molecular complexity index is 286. The molecule has 74 valence electrons. The minimum absolute atomic E-state index is 0.342. The quantitative estimate of drug-likeness (QED) is 0.584. The molecular formula is C6H5ClF3NS2. The zero-order valence-electron chi connectivity index (χ0n) is 6.43. The number of rotatable bonds is 2. The summed E-state index contributed by atoms with van der Waals surface area (Å²) in [6, 6.07) is 0. The monoisotopic (exact) mass is 247 g/mol. The molecule has 1 rings (SSSR count). The van der Waals surface area contributed by atoms with Crippen molar-refractivity contribution in [3.05, 3.63) is 11.1 Å². The molecule has 1 heterocycles. The maximum absolute atomic E-state index is 12.0. The van der Waals surface area contributed by atoms with Crippen molar-refractivity contribution in [3.8, 4) is 0 Å². The van der Waals surface area contributed by atoms with E-state index in [1.165, 1.54) is 0 Å². The second-order valence-electron chi connectivity index (χ2n) is 2.23. The number of alkyl halides is 4. The largest absolute Gasteiger partial charge is 0.414 e. The van der Waals surface area contributed by atoms with Gasteiger partial charge in [0.15, 0.2) is 9.05 Å². The van der Waals surface area contributed by atoms with Gasteiger partial charge in [0.1, 0.15) is 0 Å². The van der Waals surface area contributed by atoms with Gasteiger partial charge in [-0.05, 0) is 6.92 Å². The minimum atomic E-state index is -4.38. The van der Waals surface area contributed by atoms with Crippen molar-refractivity contribution in [2.75, 3.05) is 0 Å². The molecule has 0 saturated heterocycles. The van der Waals surface area contributed by atoms with Crippen LogP contribution in [0.15, 0.2) is 9.72 Å². The summed E-state index contributed by atoms with van der Waals surface area (Å²) < 4.78 is 34.3. The summed E-state index contributed by atoms with van der Waals surface area (Å²) in [5.41, 5.74) is 0.707. The predicted octanol–water partition coefficient (Wildman–Crippen LogP) is 3.67. The van der Waals surface area contributed by atoms with Crippen LogP contribution in [-0.2, 0) is 0 Å². The van der Waals surface area contributed by atoms with Crippen LogP contribution in [0.3, 0.4) is 0 Å². The van der Waals surface area contributed by atoms with Gasteiger partial charge >= 0.3 is 6.18 Å². The van der Waals surface area contributed by atoms with E-state index < -0.39 is 10.9 Å². The minimum Gasteiger partial charge on any atom is -0.235 e. The van der Waals surface area contributed by atoms with Crippen LogP contribution in [0.1, 0.15) is 5.69 Å². The molecule has 0 aliphatic heterocycles. The van der Waals surface area contributed by atoms with Gasteiger partial charge in [0.05, 0.1) is 0 Å². The first-order valence-electron chi connectivity index (χ1n) is 3.19. The Morgan fingerprint density at radius 2 is 2.23 bits per heavy atom. The number of halogens is 4. The number of hydrogen-bond donors (Lipinski definition) is 0. The van der Waals surface area contributed by atoms with Crippen LogP contribution in [0.2, 0.25) is 0 Å². The second kappa shape index (κ2) is 4.06. The van der Waals surface area contributed by atoms with Crippen LogP contribution in [0.5, 0.6) is 0 Å². The SMILES string of the molecule is Cc1csc(SC(Cl)C(F)(F)F)n1. The van der Waals surface area contributed by atoms with E-state index in [4.69, 9.17) is 11.6 Å². The number of nitrogens with zero attached hydrogens (tertiary/aromatic N) is 1. The summed E-state index contributed by atoms with van der Waals surface area (Å²) in [5.74, 6) is 0. The first-order valence-corrected chi connectivity index (χ1v) is 5.39. The summed E-state index contributed by atoms with van der Waals surface area (Å²) >= 11 is 6.79. The van der Waals surface area contributed by atoms with E-state index in [9.17, 15) is 13.2 Å². The van der Waals surface area contributed by atoms with Crippen molar-refractivity contribution in [1.29, 1.82) is 0 Å². The number of aryl methyl sites for hydroxylation is 1. The average Bonchev–Trinajstić information content (AvgIpc) is 2.33. The summed E-state index contributed by atoms with van der Waals surface area (Å²) in [5, 5.41) is 1.68. The maximum atomic E-state index is 12.0. The van der Waals surface area contributed by atoms with Gasteiger partial charge in [-0.1, -0.05) is 11.8 Å². The first kappa shape index (κ1) is 11.1. The molecule has 1 aromatic heterocycles. The van der Waals surface area contributed by atoms with Crippen molar-refractivity contribution < 1.29 is 13.2 Å². The van der Waals surface area contributed by atoms with Crippen LogP contribution in [0, 0.1) is 6.92 Å². The fourth-order valence-corrected chi connectivity index (χ4v) is 2.64. The molecule has 0 N–H and O–H groups in total. The molecule has 7 heteroatoms. The zero-order chi connectivity index (χ0) is 10.1. The fraction of sp³-hybridized carbons (Fsp3) is 0.500. The Hall–Kier alpha value is 0.0600. The van der Waals surface area contributed by atoms with Gasteiger partial charge in [-0.2, -0.15) is 13.2 Å². The highest BCUT2D eigenvalue weighted by atomic mass is 35.5. The molecule has 0 fully saturated rings. The van der Waals surface area contributed by atoms with Gasteiger partial charge in [-0.3, -0.25) is 0 Å². The molecule has 0 amide bonds. The summed E-state index contributed by atoms with van der Waals surface area (Å²) in [6.45, 7) is 1.72. The molecule has 0 aliphatic carbocycles. The van der Waals surface area contributed by atoms with E-state index in [-0.39, 0.29) is 0 Å². The highest BCUT2D eigenvalue weighted by Gasteiger charge is 2.39. The van der Waals surface area contributed by atoms with Crippen molar-refractivity contribution in [2.24, 2.45) is 0 Å². The molecule has 0 spiro atoms. The van der Waals surface area contributed by atoms with Crippen molar-refractivity contribution in [1.82, 2.24) is 4.98 Å². The normalized spacial score (nSPS) is 14.5. The topological polar surface area (TPSA) is 12.9 Å². The van der Waals surface area contributed by atoms with E-state index >= 15 is 0 Å². The lowest BCUT2D eigenvalue weighted by atomic mass is 10.6. The zero-order valence-corrected chi connectivity index (χ0v) is 8.82. The first-order chi connectivity index (χ1) is 5.89. The molecule has 0 saturated carbocycles. The van der Waals surface area contributed by atoms with E-state index in [2.05, 4.69) is 4.98 Å². The van der Waals surface area contributed by atoms with Crippen molar-refractivity contribution in [2.45, 2.75) is 22.1 Å². The third-order valence-corrected chi connectivity index (χ3v) is 3.67. The average molecular weight is 248 g/mol. The lowest BCUT2D eigenvalue weighted by Crippen LogP contribution is -2.19. The third kappa shape index (κ3) is 3.36. The van der Waals surface area contributed by atoms with E-state index in [0.717, 1.165) is 11.3 Å². The molecular weight excluding hydrogens is 243 g/mol. The second-order valence-corrected chi connectivity index (χ2v) is 5.14. The Kier molecular flexibility index (Phi) is 3.48. The highest BCUT2D eigenvalue weighted by molar-refractivity contribution is 8.02. The Balaban J connectivity index is 2.60. The standard InChI is InChI=1S/C6H5ClF3NS2/c1-3-2-12-5(11-3)13-4(7)6(8,9)10/h2,4H,1H3. The van der Waals surface area contributed by atoms with Gasteiger partial charge in [0.2, 0.25) is 0 Å². The molecule has 0 bridgehead atoms. The van der Waals surface area contributed by atoms with Crippen molar-refractivity contribution in [3.63, 3.8) is 0 Å². The Morgan fingerprint density at radius 3 is 2.62 bits per heavy atom. The van der Waals surface area contributed by atoms with Gasteiger partial charge in [-0.25, -0.2) is 4.98 Å². The fourth-order valence-electron chi connectivity index (χ4n) is 0.542. The molecule has 1 nitrogen and oxygen atoms in total. The molecule has 1 unspecified atom stereocenters. The number of hydrogen-bond acceptors (Lipinski definition) is 3.